The van der Waals surface area contributed by atoms with E-state index in [2.05, 4.69) is 13.8 Å². The van der Waals surface area contributed by atoms with Crippen LogP contribution in [0.3, 0.4) is 0 Å². The van der Waals surface area contributed by atoms with Crippen LogP contribution in [0.2, 0.25) is 0 Å². The molecule has 2 rings (SSSR count). The second-order valence-corrected chi connectivity index (χ2v) is 4.20. The highest BCUT2D eigenvalue weighted by atomic mass is 16.6. The summed E-state index contributed by atoms with van der Waals surface area (Å²) in [5.41, 5.74) is 0. The van der Waals surface area contributed by atoms with E-state index in [1.54, 1.807) is 0 Å². The van der Waals surface area contributed by atoms with Gasteiger partial charge in [-0.2, -0.15) is 0 Å². The third kappa shape index (κ3) is 1.05. The van der Waals surface area contributed by atoms with Crippen molar-refractivity contribution in [3.63, 3.8) is 0 Å². The van der Waals surface area contributed by atoms with Crippen molar-refractivity contribution in [2.45, 2.75) is 39.2 Å². The van der Waals surface area contributed by atoms with Crippen LogP contribution in [0, 0.1) is 17.8 Å². The summed E-state index contributed by atoms with van der Waals surface area (Å²) in [7, 11) is 0. The Morgan fingerprint density at radius 2 is 2.25 bits per heavy atom. The molecule has 0 aromatic rings. The molecule has 68 valence electrons. The van der Waals surface area contributed by atoms with Crippen LogP contribution >= 0.6 is 0 Å². The van der Waals surface area contributed by atoms with Crippen LogP contribution < -0.4 is 0 Å². The highest BCUT2D eigenvalue weighted by Crippen LogP contribution is 2.42. The molecular weight excluding hydrogens is 152 g/mol. The Hall–Kier alpha value is -0.530. The molecule has 4 atom stereocenters. The smallest absolute Gasteiger partial charge is 0.309 e. The Bertz CT molecular complexity index is 200. The Morgan fingerprint density at radius 3 is 2.92 bits per heavy atom. The monoisotopic (exact) mass is 168 g/mol. The van der Waals surface area contributed by atoms with Crippen molar-refractivity contribution in [3.8, 4) is 0 Å². The summed E-state index contributed by atoms with van der Waals surface area (Å²) in [6.45, 7) is 4.37. The van der Waals surface area contributed by atoms with E-state index in [4.69, 9.17) is 4.74 Å². The fourth-order valence-electron chi connectivity index (χ4n) is 2.61. The topological polar surface area (TPSA) is 26.3 Å². The summed E-state index contributed by atoms with van der Waals surface area (Å²) in [6, 6.07) is 0. The summed E-state index contributed by atoms with van der Waals surface area (Å²) in [5.74, 6) is 1.47. The lowest BCUT2D eigenvalue weighted by molar-refractivity contribution is -0.144. The van der Waals surface area contributed by atoms with Gasteiger partial charge in [0.15, 0.2) is 0 Å². The minimum atomic E-state index is 0.0659. The van der Waals surface area contributed by atoms with E-state index in [1.807, 2.05) is 0 Å². The van der Waals surface area contributed by atoms with Crippen LogP contribution in [-0.2, 0) is 9.53 Å². The van der Waals surface area contributed by atoms with Crippen molar-refractivity contribution in [2.24, 2.45) is 17.8 Å². The zero-order valence-electron chi connectivity index (χ0n) is 7.75. The molecule has 0 aromatic carbocycles. The second-order valence-electron chi connectivity index (χ2n) is 4.20. The molecule has 1 saturated heterocycles. The first-order chi connectivity index (χ1) is 5.72. The first-order valence-electron chi connectivity index (χ1n) is 4.92. The molecule has 1 aliphatic heterocycles. The van der Waals surface area contributed by atoms with E-state index in [0.29, 0.717) is 11.8 Å². The molecule has 0 amide bonds. The van der Waals surface area contributed by atoms with Gasteiger partial charge in [0, 0.05) is 0 Å². The van der Waals surface area contributed by atoms with Crippen LogP contribution in [0.1, 0.15) is 33.1 Å². The molecule has 1 saturated carbocycles. The molecule has 0 spiro atoms. The van der Waals surface area contributed by atoms with Gasteiger partial charge in [-0.3, -0.25) is 4.79 Å². The minimum absolute atomic E-state index is 0.0659. The van der Waals surface area contributed by atoms with E-state index in [-0.39, 0.29) is 18.0 Å². The summed E-state index contributed by atoms with van der Waals surface area (Å²) >= 11 is 0. The molecule has 12 heavy (non-hydrogen) atoms. The first kappa shape index (κ1) is 8.09. The molecule has 2 heteroatoms. The minimum Gasteiger partial charge on any atom is -0.462 e. The van der Waals surface area contributed by atoms with Gasteiger partial charge in [0.2, 0.25) is 0 Å². The summed E-state index contributed by atoms with van der Waals surface area (Å²) in [5, 5.41) is 0. The van der Waals surface area contributed by atoms with Gasteiger partial charge in [0.1, 0.15) is 6.10 Å². The van der Waals surface area contributed by atoms with Gasteiger partial charge in [-0.05, 0) is 24.7 Å². The third-order valence-corrected chi connectivity index (χ3v) is 3.46. The van der Waals surface area contributed by atoms with Crippen LogP contribution in [0.15, 0.2) is 0 Å². The molecule has 2 nitrogen and oxygen atoms in total. The SMILES string of the molecule is CCC1CC(C)C2CC1C(=O)O2. The lowest BCUT2D eigenvalue weighted by atomic mass is 9.74. The summed E-state index contributed by atoms with van der Waals surface area (Å²) in [6.07, 6.45) is 3.53. The van der Waals surface area contributed by atoms with Crippen LogP contribution in [0.4, 0.5) is 0 Å². The van der Waals surface area contributed by atoms with Gasteiger partial charge in [-0.1, -0.05) is 20.3 Å². The predicted molar refractivity (Wildman–Crippen MR) is 45.5 cm³/mol. The fraction of sp³-hybridized carbons (Fsp3) is 0.900. The number of carbonyl (C=O) groups is 1. The number of hydrogen-bond acceptors (Lipinski definition) is 2. The Balaban J connectivity index is 2.16. The van der Waals surface area contributed by atoms with Gasteiger partial charge >= 0.3 is 5.97 Å². The zero-order chi connectivity index (χ0) is 8.72. The maximum atomic E-state index is 11.3. The van der Waals surface area contributed by atoms with Crippen molar-refractivity contribution in [3.05, 3.63) is 0 Å². The highest BCUT2D eigenvalue weighted by Gasteiger charge is 2.46. The standard InChI is InChI=1S/C10H16O2/c1-3-7-4-6(2)9-5-8(7)10(11)12-9/h6-9H,3-5H2,1-2H3. The van der Waals surface area contributed by atoms with Gasteiger partial charge in [0.05, 0.1) is 5.92 Å². The molecule has 1 heterocycles. The molecule has 2 fully saturated rings. The van der Waals surface area contributed by atoms with E-state index in [0.717, 1.165) is 12.8 Å². The highest BCUT2D eigenvalue weighted by molar-refractivity contribution is 5.75. The average molecular weight is 168 g/mol. The Kier molecular flexibility index (Phi) is 1.85. The van der Waals surface area contributed by atoms with Gasteiger partial charge in [-0.15, -0.1) is 0 Å². The molecule has 0 N–H and O–H groups in total. The Labute approximate surface area is 73.3 Å². The number of carbonyl (C=O) groups excluding carboxylic acids is 1. The Morgan fingerprint density at radius 1 is 1.50 bits per heavy atom. The van der Waals surface area contributed by atoms with Crippen LogP contribution in [-0.4, -0.2) is 12.1 Å². The van der Waals surface area contributed by atoms with Gasteiger partial charge in [-0.25, -0.2) is 0 Å². The number of hydrogen-bond donors (Lipinski definition) is 0. The van der Waals surface area contributed by atoms with E-state index < -0.39 is 0 Å². The number of rotatable bonds is 1. The summed E-state index contributed by atoms with van der Waals surface area (Å²) < 4.78 is 5.29. The normalized spacial score (nSPS) is 46.0. The van der Waals surface area contributed by atoms with Crippen molar-refractivity contribution in [1.82, 2.24) is 0 Å². The van der Waals surface area contributed by atoms with E-state index >= 15 is 0 Å². The molecule has 4 unspecified atom stereocenters. The lowest BCUT2D eigenvalue weighted by Crippen LogP contribution is -2.28. The largest absolute Gasteiger partial charge is 0.462 e. The van der Waals surface area contributed by atoms with Crippen molar-refractivity contribution in [2.75, 3.05) is 0 Å². The number of ether oxygens (including phenoxy) is 1. The fourth-order valence-corrected chi connectivity index (χ4v) is 2.61. The van der Waals surface area contributed by atoms with Gasteiger partial charge in [0.25, 0.3) is 0 Å². The zero-order valence-corrected chi connectivity index (χ0v) is 7.75. The summed E-state index contributed by atoms with van der Waals surface area (Å²) in [4.78, 5) is 11.3. The molecule has 0 radical (unpaired) electrons. The quantitative estimate of drug-likeness (QED) is 0.560. The van der Waals surface area contributed by atoms with E-state index in [9.17, 15) is 4.79 Å². The first-order valence-corrected chi connectivity index (χ1v) is 4.92. The third-order valence-electron chi connectivity index (χ3n) is 3.46. The maximum absolute atomic E-state index is 11.3. The van der Waals surface area contributed by atoms with Gasteiger partial charge < -0.3 is 4.74 Å². The van der Waals surface area contributed by atoms with Crippen LogP contribution in [0.5, 0.6) is 0 Å². The van der Waals surface area contributed by atoms with Crippen molar-refractivity contribution >= 4 is 5.97 Å². The lowest BCUT2D eigenvalue weighted by Gasteiger charge is -2.28. The number of fused-ring (bicyclic) bond motifs is 2. The van der Waals surface area contributed by atoms with Crippen molar-refractivity contribution < 1.29 is 9.53 Å². The molecular formula is C10H16O2. The predicted octanol–water partition coefficient (Wildman–Crippen LogP) is 1.98. The second kappa shape index (κ2) is 2.75. The molecule has 1 aliphatic carbocycles. The van der Waals surface area contributed by atoms with Crippen LogP contribution in [0.25, 0.3) is 0 Å². The molecule has 0 aromatic heterocycles. The molecule has 2 bridgehead atoms. The number of esters is 1. The van der Waals surface area contributed by atoms with Crippen molar-refractivity contribution in [1.29, 1.82) is 0 Å². The van der Waals surface area contributed by atoms with E-state index in [1.165, 1.54) is 6.42 Å². The maximum Gasteiger partial charge on any atom is 0.309 e. The average Bonchev–Trinajstić information content (AvgIpc) is 2.38. The molecule has 2 aliphatic rings.